The Balaban J connectivity index is 1.37. The molecule has 43 heavy (non-hydrogen) atoms. The minimum Gasteiger partial charge on any atom is -0.450 e. The van der Waals surface area contributed by atoms with Crippen molar-refractivity contribution in [1.29, 1.82) is 0 Å². The quantitative estimate of drug-likeness (QED) is 0.301. The Labute approximate surface area is 251 Å². The van der Waals surface area contributed by atoms with E-state index in [4.69, 9.17) is 4.74 Å². The molecule has 7 heteroatoms. The molecule has 0 unspecified atom stereocenters. The molecule has 1 heterocycles. The van der Waals surface area contributed by atoms with Crippen LogP contribution in [0.25, 0.3) is 22.0 Å². The zero-order chi connectivity index (χ0) is 30.6. The fourth-order valence-electron chi connectivity index (χ4n) is 9.29. The van der Waals surface area contributed by atoms with Gasteiger partial charge in [-0.25, -0.2) is 4.79 Å². The number of aryl methyl sites for hydroxylation is 1. The fraction of sp³-hybridized carbons (Fsp3) is 0.444. The van der Waals surface area contributed by atoms with Crippen LogP contribution >= 0.6 is 0 Å². The largest absolute Gasteiger partial charge is 0.450 e. The fourth-order valence-corrected chi connectivity index (χ4v) is 9.29. The monoisotopic (exact) mass is 581 g/mol. The second kappa shape index (κ2) is 9.24. The number of esters is 1. The minimum absolute atomic E-state index is 0.0532. The van der Waals surface area contributed by atoms with Crippen molar-refractivity contribution in [1.82, 2.24) is 4.57 Å². The Hall–Kier alpha value is -3.52. The summed E-state index contributed by atoms with van der Waals surface area (Å²) in [6, 6.07) is 17.3. The number of Topliss-reactive ketones (excluding diaryl/α,β-unsaturated/α-hetero) is 1. The van der Waals surface area contributed by atoms with Gasteiger partial charge >= 0.3 is 5.97 Å². The number of benzene rings is 2. The first-order chi connectivity index (χ1) is 20.4. The third-order valence-corrected chi connectivity index (χ3v) is 11.5. The highest BCUT2D eigenvalue weighted by atomic mass is 16.6. The SMILES string of the molecule is CC1=C[C@]23C(=O)[C@@H](C=C(CO)[C@@H](O)[C@]2(O)[C@H]1OC(=O)c1c(-c2ccccc2)c2ccccc2n1C)[C@H]1[C@@H](C[C@H]3C)C1(C)C. The van der Waals surface area contributed by atoms with Gasteiger partial charge in [0.15, 0.2) is 17.5 Å². The number of carbonyl (C=O) groups excluding carboxylic acids is 2. The van der Waals surface area contributed by atoms with Gasteiger partial charge in [-0.05, 0) is 59.3 Å². The lowest BCUT2D eigenvalue weighted by Gasteiger charge is -2.48. The number of aliphatic hydroxyl groups excluding tert-OH is 2. The number of carbonyl (C=O) groups is 2. The van der Waals surface area contributed by atoms with Crippen LogP contribution in [0.5, 0.6) is 0 Å². The molecule has 0 amide bonds. The molecule has 2 saturated carbocycles. The van der Waals surface area contributed by atoms with Crippen LogP contribution in [-0.2, 0) is 16.6 Å². The van der Waals surface area contributed by atoms with Crippen molar-refractivity contribution in [3.05, 3.63) is 83.6 Å². The summed E-state index contributed by atoms with van der Waals surface area (Å²) in [5, 5.41) is 36.0. The van der Waals surface area contributed by atoms with Gasteiger partial charge in [-0.15, -0.1) is 0 Å². The third kappa shape index (κ3) is 3.47. The summed E-state index contributed by atoms with van der Waals surface area (Å²) < 4.78 is 8.07. The summed E-state index contributed by atoms with van der Waals surface area (Å²) in [4.78, 5) is 29.0. The number of nitrogens with zero attached hydrogens (tertiary/aromatic N) is 1. The van der Waals surface area contributed by atoms with E-state index < -0.39 is 41.7 Å². The van der Waals surface area contributed by atoms with Crippen LogP contribution in [0.2, 0.25) is 0 Å². The normalized spacial score (nSPS) is 35.8. The topological polar surface area (TPSA) is 109 Å². The van der Waals surface area contributed by atoms with Gasteiger partial charge in [0.05, 0.1) is 12.0 Å². The Morgan fingerprint density at radius 1 is 1.09 bits per heavy atom. The number of ketones is 1. The predicted octanol–water partition coefficient (Wildman–Crippen LogP) is 4.84. The van der Waals surface area contributed by atoms with Gasteiger partial charge in [0.25, 0.3) is 0 Å². The molecule has 3 N–H and O–H groups in total. The van der Waals surface area contributed by atoms with Crippen LogP contribution in [0.4, 0.5) is 0 Å². The highest BCUT2D eigenvalue weighted by molar-refractivity contribution is 6.09. The van der Waals surface area contributed by atoms with E-state index in [2.05, 4.69) is 13.8 Å². The molecule has 0 aliphatic heterocycles. The number of aromatic nitrogens is 1. The van der Waals surface area contributed by atoms with E-state index >= 15 is 0 Å². The Morgan fingerprint density at radius 3 is 2.47 bits per heavy atom. The third-order valence-electron chi connectivity index (χ3n) is 11.5. The van der Waals surface area contributed by atoms with Crippen molar-refractivity contribution in [3.8, 4) is 11.1 Å². The summed E-state index contributed by atoms with van der Waals surface area (Å²) in [6.45, 7) is 7.51. The first kappa shape index (κ1) is 28.3. The molecule has 7 rings (SSSR count). The Kier molecular flexibility index (Phi) is 6.07. The zero-order valence-corrected chi connectivity index (χ0v) is 25.2. The van der Waals surface area contributed by atoms with Crippen LogP contribution in [0.1, 0.15) is 44.6 Å². The number of aliphatic hydroxyl groups is 3. The van der Waals surface area contributed by atoms with E-state index in [0.717, 1.165) is 16.5 Å². The van der Waals surface area contributed by atoms with E-state index in [1.54, 1.807) is 23.6 Å². The number of para-hydroxylation sites is 1. The van der Waals surface area contributed by atoms with Gasteiger partial charge in [0.1, 0.15) is 11.8 Å². The molecule has 2 aromatic carbocycles. The van der Waals surface area contributed by atoms with Gasteiger partial charge < -0.3 is 24.6 Å². The summed E-state index contributed by atoms with van der Waals surface area (Å²) in [7, 11) is 1.81. The van der Waals surface area contributed by atoms with Crippen molar-refractivity contribution in [2.24, 2.45) is 41.5 Å². The van der Waals surface area contributed by atoms with Gasteiger partial charge in [0, 0.05) is 29.4 Å². The average Bonchev–Trinajstić information content (AvgIpc) is 3.31. The van der Waals surface area contributed by atoms with Gasteiger partial charge in [-0.3, -0.25) is 4.79 Å². The van der Waals surface area contributed by atoms with Crippen molar-refractivity contribution in [2.75, 3.05) is 6.61 Å². The number of hydrogen-bond acceptors (Lipinski definition) is 6. The standard InChI is InChI=1S/C36H39NO6/c1-19-17-35-20(2)15-25-28(34(25,3)4)24(31(35)40)16-22(18-38)30(39)36(35,42)32(19)43-33(41)29-27(21-11-7-6-8-12-21)23-13-9-10-14-26(23)37(29)5/h6-14,16-17,20,24-25,28,30,32,38-39,42H,15,18H2,1-5H3/t20-,24+,25-,28+,30-,32+,35+,36+/m1/s1. The lowest BCUT2D eigenvalue weighted by atomic mass is 9.59. The average molecular weight is 582 g/mol. The lowest BCUT2D eigenvalue weighted by Crippen LogP contribution is -2.65. The number of hydrogen-bond donors (Lipinski definition) is 3. The van der Waals surface area contributed by atoms with Crippen molar-refractivity contribution < 1.29 is 29.6 Å². The molecule has 224 valence electrons. The zero-order valence-electron chi connectivity index (χ0n) is 25.2. The van der Waals surface area contributed by atoms with E-state index in [1.807, 2.05) is 68.6 Å². The summed E-state index contributed by atoms with van der Waals surface area (Å²) >= 11 is 0. The molecule has 2 fully saturated rings. The molecule has 2 bridgehead atoms. The van der Waals surface area contributed by atoms with Gasteiger partial charge in [-0.2, -0.15) is 0 Å². The summed E-state index contributed by atoms with van der Waals surface area (Å²) in [6.07, 6.45) is 1.23. The second-order valence-electron chi connectivity index (χ2n) is 13.8. The highest BCUT2D eigenvalue weighted by Crippen LogP contribution is 2.71. The number of allylic oxidation sites excluding steroid dienone is 1. The van der Waals surface area contributed by atoms with E-state index in [0.29, 0.717) is 23.3 Å². The van der Waals surface area contributed by atoms with Crippen molar-refractivity contribution in [2.45, 2.75) is 51.9 Å². The van der Waals surface area contributed by atoms with E-state index in [9.17, 15) is 24.9 Å². The summed E-state index contributed by atoms with van der Waals surface area (Å²) in [5.41, 5.74) is -0.311. The van der Waals surface area contributed by atoms with Crippen LogP contribution < -0.4 is 0 Å². The molecule has 7 nitrogen and oxygen atoms in total. The lowest BCUT2D eigenvalue weighted by molar-refractivity contribution is -0.190. The van der Waals surface area contributed by atoms with Crippen LogP contribution in [-0.4, -0.2) is 56.1 Å². The van der Waals surface area contributed by atoms with Gasteiger partial charge in [-0.1, -0.05) is 81.5 Å². The molecule has 1 spiro atoms. The molecule has 1 aromatic heterocycles. The number of rotatable bonds is 4. The number of ether oxygens (including phenoxy) is 1. The predicted molar refractivity (Wildman–Crippen MR) is 163 cm³/mol. The first-order valence-corrected chi connectivity index (χ1v) is 15.2. The molecule has 4 aliphatic rings. The van der Waals surface area contributed by atoms with Crippen LogP contribution in [0.3, 0.4) is 0 Å². The minimum atomic E-state index is -2.19. The maximum absolute atomic E-state index is 14.7. The van der Waals surface area contributed by atoms with E-state index in [1.165, 1.54) is 0 Å². The molecule has 8 atom stereocenters. The second-order valence-corrected chi connectivity index (χ2v) is 13.8. The molecular weight excluding hydrogens is 542 g/mol. The van der Waals surface area contributed by atoms with E-state index in [-0.39, 0.29) is 34.5 Å². The maximum atomic E-state index is 14.7. The van der Waals surface area contributed by atoms with Gasteiger partial charge in [0.2, 0.25) is 0 Å². The maximum Gasteiger partial charge on any atom is 0.356 e. The molecule has 4 aliphatic carbocycles. The van der Waals surface area contributed by atoms with Crippen LogP contribution in [0.15, 0.2) is 77.9 Å². The molecule has 0 radical (unpaired) electrons. The Bertz CT molecular complexity index is 1730. The van der Waals surface area contributed by atoms with Crippen molar-refractivity contribution >= 4 is 22.7 Å². The number of fused-ring (bicyclic) bond motifs is 4. The Morgan fingerprint density at radius 2 is 1.77 bits per heavy atom. The summed E-state index contributed by atoms with van der Waals surface area (Å²) in [5.74, 6) is -1.40. The first-order valence-electron chi connectivity index (χ1n) is 15.2. The molecule has 3 aromatic rings. The smallest absolute Gasteiger partial charge is 0.356 e. The molecular formula is C36H39NO6. The van der Waals surface area contributed by atoms with Crippen LogP contribution in [0, 0.1) is 34.5 Å². The van der Waals surface area contributed by atoms with Crippen molar-refractivity contribution in [3.63, 3.8) is 0 Å². The highest BCUT2D eigenvalue weighted by Gasteiger charge is 2.76. The molecule has 0 saturated heterocycles.